The zero-order chi connectivity index (χ0) is 12.8. The highest BCUT2D eigenvalue weighted by molar-refractivity contribution is 5.90. The molecule has 0 N–H and O–H groups in total. The molecular formula is C14H16N2O. The van der Waals surface area contributed by atoms with Crippen molar-refractivity contribution in [2.75, 3.05) is 7.11 Å². The molecule has 3 heteroatoms. The Morgan fingerprint density at radius 1 is 1.24 bits per heavy atom. The van der Waals surface area contributed by atoms with Crippen LogP contribution in [0, 0.1) is 19.3 Å². The fraction of sp³-hybridized carbons (Fsp3) is 0.286. The average molecular weight is 228 g/mol. The van der Waals surface area contributed by atoms with Crippen molar-refractivity contribution >= 4 is 10.8 Å². The molecule has 0 radical (unpaired) electrons. The van der Waals surface area contributed by atoms with Crippen molar-refractivity contribution in [3.63, 3.8) is 0 Å². The Bertz CT molecular complexity index is 556. The maximum Gasteiger partial charge on any atom is 0.229 e. The van der Waals surface area contributed by atoms with Crippen LogP contribution in [0.2, 0.25) is 0 Å². The molecule has 17 heavy (non-hydrogen) atoms. The smallest absolute Gasteiger partial charge is 0.229 e. The largest absolute Gasteiger partial charge is 0.480 e. The molecule has 0 spiro atoms. The summed E-state index contributed by atoms with van der Waals surface area (Å²) in [6.07, 6.45) is 10.7. The number of methoxy groups -OCH3 is 1. The van der Waals surface area contributed by atoms with Gasteiger partial charge in [-0.2, -0.15) is 0 Å². The van der Waals surface area contributed by atoms with E-state index >= 15 is 0 Å². The number of rotatable bonds is 1. The standard InChI is InChI=1S/C12H10N2O.C2H6/c1-4-10-11-8(2)5-13-6-9(11)7-14-12(10)15-3;1-2/h1,5-7H,2-3H3;1-2H3. The molecule has 0 fully saturated rings. The minimum atomic E-state index is 0.485. The van der Waals surface area contributed by atoms with Crippen molar-refractivity contribution in [2.24, 2.45) is 0 Å². The molecule has 0 saturated heterocycles. The van der Waals surface area contributed by atoms with Crippen LogP contribution in [-0.2, 0) is 0 Å². The molecule has 88 valence electrons. The second-order valence-corrected chi connectivity index (χ2v) is 3.21. The second kappa shape index (κ2) is 5.86. The van der Waals surface area contributed by atoms with Gasteiger partial charge in [-0.3, -0.25) is 4.98 Å². The Hall–Kier alpha value is -2.08. The Morgan fingerprint density at radius 2 is 1.94 bits per heavy atom. The molecule has 0 atom stereocenters. The van der Waals surface area contributed by atoms with Crippen LogP contribution in [-0.4, -0.2) is 17.1 Å². The predicted octanol–water partition coefficient (Wildman–Crippen LogP) is 2.95. The number of terminal acetylenes is 1. The first-order chi connectivity index (χ1) is 8.27. The van der Waals surface area contributed by atoms with Crippen LogP contribution in [0.15, 0.2) is 18.6 Å². The molecule has 2 heterocycles. The molecule has 0 aliphatic rings. The van der Waals surface area contributed by atoms with Crippen molar-refractivity contribution in [1.82, 2.24) is 9.97 Å². The van der Waals surface area contributed by atoms with Crippen LogP contribution >= 0.6 is 0 Å². The lowest BCUT2D eigenvalue weighted by Gasteiger charge is -2.07. The lowest BCUT2D eigenvalue weighted by molar-refractivity contribution is 0.397. The number of aromatic nitrogens is 2. The van der Waals surface area contributed by atoms with Gasteiger partial charge in [0.25, 0.3) is 0 Å². The van der Waals surface area contributed by atoms with E-state index in [9.17, 15) is 0 Å². The molecule has 0 aliphatic heterocycles. The zero-order valence-electron chi connectivity index (χ0n) is 10.6. The van der Waals surface area contributed by atoms with Gasteiger partial charge in [-0.15, -0.1) is 6.42 Å². The summed E-state index contributed by atoms with van der Waals surface area (Å²) in [5.74, 6) is 3.10. The molecule has 0 bridgehead atoms. The Kier molecular flexibility index (Phi) is 4.47. The summed E-state index contributed by atoms with van der Waals surface area (Å²) in [7, 11) is 1.56. The number of hydrogen-bond acceptors (Lipinski definition) is 3. The summed E-state index contributed by atoms with van der Waals surface area (Å²) in [4.78, 5) is 8.23. The maximum atomic E-state index is 5.47. The molecule has 0 aromatic carbocycles. The van der Waals surface area contributed by atoms with E-state index in [1.54, 1.807) is 25.7 Å². The first-order valence-corrected chi connectivity index (χ1v) is 5.52. The van der Waals surface area contributed by atoms with Gasteiger partial charge < -0.3 is 4.74 Å². The third kappa shape index (κ3) is 2.36. The van der Waals surface area contributed by atoms with Gasteiger partial charge in [0.15, 0.2) is 0 Å². The summed E-state index contributed by atoms with van der Waals surface area (Å²) >= 11 is 0. The molecule has 0 amide bonds. The van der Waals surface area contributed by atoms with Crippen LogP contribution in [0.5, 0.6) is 5.88 Å². The zero-order valence-corrected chi connectivity index (χ0v) is 10.6. The molecule has 3 nitrogen and oxygen atoms in total. The summed E-state index contributed by atoms with van der Waals surface area (Å²) in [5.41, 5.74) is 1.72. The lowest BCUT2D eigenvalue weighted by atomic mass is 10.1. The van der Waals surface area contributed by atoms with E-state index in [1.807, 2.05) is 20.8 Å². The van der Waals surface area contributed by atoms with E-state index in [0.717, 1.165) is 16.3 Å². The highest BCUT2D eigenvalue weighted by Gasteiger charge is 2.09. The van der Waals surface area contributed by atoms with Crippen LogP contribution < -0.4 is 4.74 Å². The van der Waals surface area contributed by atoms with Gasteiger partial charge in [-0.1, -0.05) is 19.8 Å². The van der Waals surface area contributed by atoms with Gasteiger partial charge >= 0.3 is 0 Å². The molecular weight excluding hydrogens is 212 g/mol. The number of fused-ring (bicyclic) bond motifs is 1. The first-order valence-electron chi connectivity index (χ1n) is 5.52. The molecule has 0 aliphatic carbocycles. The highest BCUT2D eigenvalue weighted by atomic mass is 16.5. The van der Waals surface area contributed by atoms with Gasteiger partial charge in [0, 0.05) is 29.4 Å². The quantitative estimate of drug-likeness (QED) is 0.704. The summed E-state index contributed by atoms with van der Waals surface area (Å²) in [6, 6.07) is 0. The first kappa shape index (κ1) is 13.0. The SMILES string of the molecule is C#Cc1c(OC)ncc2cncc(C)c12.CC. The minimum Gasteiger partial charge on any atom is -0.480 e. The monoisotopic (exact) mass is 228 g/mol. The van der Waals surface area contributed by atoms with E-state index in [-0.39, 0.29) is 0 Å². The van der Waals surface area contributed by atoms with Crippen LogP contribution in [0.4, 0.5) is 0 Å². The normalized spacial score (nSPS) is 9.12. The summed E-state index contributed by atoms with van der Waals surface area (Å²) in [5, 5.41) is 1.92. The van der Waals surface area contributed by atoms with E-state index in [4.69, 9.17) is 11.2 Å². The third-order valence-corrected chi connectivity index (χ3v) is 2.29. The average Bonchev–Trinajstić information content (AvgIpc) is 2.40. The molecule has 2 aromatic heterocycles. The fourth-order valence-corrected chi connectivity index (χ4v) is 1.61. The van der Waals surface area contributed by atoms with Crippen LogP contribution in [0.25, 0.3) is 10.8 Å². The Labute approximate surface area is 102 Å². The Morgan fingerprint density at radius 3 is 2.53 bits per heavy atom. The molecule has 2 aromatic rings. The van der Waals surface area contributed by atoms with Gasteiger partial charge in [-0.05, 0) is 12.5 Å². The summed E-state index contributed by atoms with van der Waals surface area (Å²) < 4.78 is 5.13. The highest BCUT2D eigenvalue weighted by Crippen LogP contribution is 2.26. The number of hydrogen-bond donors (Lipinski definition) is 0. The van der Waals surface area contributed by atoms with Gasteiger partial charge in [0.1, 0.15) is 0 Å². The predicted molar refractivity (Wildman–Crippen MR) is 70.1 cm³/mol. The molecule has 0 unspecified atom stereocenters. The summed E-state index contributed by atoms with van der Waals surface area (Å²) in [6.45, 7) is 5.97. The van der Waals surface area contributed by atoms with Gasteiger partial charge in [-0.25, -0.2) is 4.98 Å². The van der Waals surface area contributed by atoms with Crippen LogP contribution in [0.1, 0.15) is 25.0 Å². The van der Waals surface area contributed by atoms with E-state index in [2.05, 4.69) is 15.9 Å². The molecule has 2 rings (SSSR count). The number of pyridine rings is 2. The lowest BCUT2D eigenvalue weighted by Crippen LogP contribution is -1.95. The fourth-order valence-electron chi connectivity index (χ4n) is 1.61. The van der Waals surface area contributed by atoms with Gasteiger partial charge in [0.05, 0.1) is 12.7 Å². The van der Waals surface area contributed by atoms with Gasteiger partial charge in [0.2, 0.25) is 5.88 Å². The van der Waals surface area contributed by atoms with Crippen molar-refractivity contribution in [3.05, 3.63) is 29.7 Å². The topological polar surface area (TPSA) is 35.0 Å². The van der Waals surface area contributed by atoms with Crippen molar-refractivity contribution in [3.8, 4) is 18.2 Å². The maximum absolute atomic E-state index is 5.47. The Balaban J connectivity index is 0.000000686. The van der Waals surface area contributed by atoms with Crippen molar-refractivity contribution in [1.29, 1.82) is 0 Å². The van der Waals surface area contributed by atoms with E-state index < -0.39 is 0 Å². The number of aryl methyl sites for hydroxylation is 1. The van der Waals surface area contributed by atoms with Crippen molar-refractivity contribution < 1.29 is 4.74 Å². The van der Waals surface area contributed by atoms with E-state index in [0.29, 0.717) is 11.4 Å². The second-order valence-electron chi connectivity index (χ2n) is 3.21. The van der Waals surface area contributed by atoms with Crippen molar-refractivity contribution in [2.45, 2.75) is 20.8 Å². The number of ether oxygens (including phenoxy) is 1. The minimum absolute atomic E-state index is 0.485. The number of nitrogens with zero attached hydrogens (tertiary/aromatic N) is 2. The van der Waals surface area contributed by atoms with E-state index in [1.165, 1.54) is 0 Å². The van der Waals surface area contributed by atoms with Crippen LogP contribution in [0.3, 0.4) is 0 Å². The molecule has 0 saturated carbocycles. The third-order valence-electron chi connectivity index (χ3n) is 2.29.